The third-order valence-electron chi connectivity index (χ3n) is 2.69. The van der Waals surface area contributed by atoms with Gasteiger partial charge in [-0.1, -0.05) is 33.8 Å². The van der Waals surface area contributed by atoms with E-state index >= 15 is 0 Å². The lowest BCUT2D eigenvalue weighted by molar-refractivity contribution is -0.387. The fourth-order valence-electron chi connectivity index (χ4n) is 1.74. The van der Waals surface area contributed by atoms with E-state index in [0.717, 1.165) is 14.9 Å². The highest BCUT2D eigenvalue weighted by Crippen LogP contribution is 2.35. The van der Waals surface area contributed by atoms with Crippen LogP contribution in [0.25, 0.3) is 0 Å². The Morgan fingerprint density at radius 1 is 1.20 bits per heavy atom. The highest BCUT2D eigenvalue weighted by molar-refractivity contribution is 9.10. The van der Waals surface area contributed by atoms with Crippen molar-refractivity contribution in [1.29, 1.82) is 0 Å². The quantitative estimate of drug-likeness (QED) is 0.651. The second-order valence-electron chi connectivity index (χ2n) is 4.15. The van der Waals surface area contributed by atoms with Crippen molar-refractivity contribution in [2.24, 2.45) is 5.73 Å². The van der Waals surface area contributed by atoms with Crippen LogP contribution in [-0.4, -0.2) is 11.5 Å². The molecular formula is C14H13BrN2O2S. The van der Waals surface area contributed by atoms with Crippen molar-refractivity contribution in [3.05, 3.63) is 62.6 Å². The number of hydrogen-bond acceptors (Lipinski definition) is 4. The summed E-state index contributed by atoms with van der Waals surface area (Å²) >= 11 is 4.75. The van der Waals surface area contributed by atoms with E-state index in [1.54, 1.807) is 12.1 Å². The van der Waals surface area contributed by atoms with Gasteiger partial charge in [0, 0.05) is 15.4 Å². The maximum Gasteiger partial charge on any atom is 0.283 e. The van der Waals surface area contributed by atoms with Gasteiger partial charge < -0.3 is 5.73 Å². The molecule has 2 N–H and O–H groups in total. The van der Waals surface area contributed by atoms with E-state index in [9.17, 15) is 10.1 Å². The number of nitrogens with zero attached hydrogens (tertiary/aromatic N) is 1. The Kier molecular flexibility index (Phi) is 5.17. The van der Waals surface area contributed by atoms with Gasteiger partial charge >= 0.3 is 0 Å². The van der Waals surface area contributed by atoms with Crippen LogP contribution in [0.5, 0.6) is 0 Å². The van der Waals surface area contributed by atoms with Gasteiger partial charge in [0.2, 0.25) is 0 Å². The fourth-order valence-corrected chi connectivity index (χ4v) is 2.91. The summed E-state index contributed by atoms with van der Waals surface area (Å²) in [4.78, 5) is 12.4. The molecule has 4 nitrogen and oxygen atoms in total. The van der Waals surface area contributed by atoms with Crippen molar-refractivity contribution in [2.45, 2.75) is 16.2 Å². The largest absolute Gasteiger partial charge is 0.330 e. The van der Waals surface area contributed by atoms with Crippen LogP contribution >= 0.6 is 27.7 Å². The lowest BCUT2D eigenvalue weighted by Gasteiger charge is -2.05. The molecule has 0 aliphatic heterocycles. The minimum atomic E-state index is -0.346. The number of rotatable bonds is 5. The van der Waals surface area contributed by atoms with E-state index in [0.29, 0.717) is 17.9 Å². The third-order valence-corrected chi connectivity index (χ3v) is 4.30. The van der Waals surface area contributed by atoms with Crippen LogP contribution in [0, 0.1) is 10.1 Å². The summed E-state index contributed by atoms with van der Waals surface area (Å²) in [6.07, 6.45) is 0.643. The molecule has 2 aromatic carbocycles. The van der Waals surface area contributed by atoms with E-state index in [-0.39, 0.29) is 10.6 Å². The van der Waals surface area contributed by atoms with Crippen LogP contribution in [0.15, 0.2) is 56.7 Å². The van der Waals surface area contributed by atoms with Crippen molar-refractivity contribution in [3.63, 3.8) is 0 Å². The average molecular weight is 353 g/mol. The van der Waals surface area contributed by atoms with Crippen molar-refractivity contribution in [2.75, 3.05) is 6.54 Å². The Balaban J connectivity index is 2.30. The molecule has 0 fully saturated rings. The Bertz CT molecular complexity index is 617. The molecule has 0 radical (unpaired) electrons. The first-order valence-electron chi connectivity index (χ1n) is 6.01. The molecule has 0 amide bonds. The van der Waals surface area contributed by atoms with Gasteiger partial charge in [0.25, 0.3) is 5.69 Å². The SMILES string of the molecule is NCCc1ccc(Sc2ccc(Br)cc2)c([N+](=O)[O-])c1. The molecule has 0 spiro atoms. The number of benzene rings is 2. The molecule has 0 unspecified atom stereocenters. The molecular weight excluding hydrogens is 340 g/mol. The second-order valence-corrected chi connectivity index (χ2v) is 6.18. The van der Waals surface area contributed by atoms with Gasteiger partial charge in [0.1, 0.15) is 0 Å². The standard InChI is InChI=1S/C14H13BrN2O2S/c15-11-2-4-12(5-3-11)20-14-6-1-10(7-8-16)9-13(14)17(18)19/h1-6,9H,7-8,16H2. The monoisotopic (exact) mass is 352 g/mol. The van der Waals surface area contributed by atoms with Gasteiger partial charge in [-0.05, 0) is 48.9 Å². The Hall–Kier alpha value is -1.37. The lowest BCUT2D eigenvalue weighted by atomic mass is 10.1. The molecule has 2 aromatic rings. The summed E-state index contributed by atoms with van der Waals surface area (Å²) in [7, 11) is 0. The van der Waals surface area contributed by atoms with Crippen LogP contribution in [0.4, 0.5) is 5.69 Å². The van der Waals surface area contributed by atoms with Gasteiger partial charge in [-0.25, -0.2) is 0 Å². The van der Waals surface area contributed by atoms with Crippen LogP contribution in [0.3, 0.4) is 0 Å². The summed E-state index contributed by atoms with van der Waals surface area (Å²) in [5, 5.41) is 11.2. The van der Waals surface area contributed by atoms with Crippen LogP contribution in [-0.2, 0) is 6.42 Å². The summed E-state index contributed by atoms with van der Waals surface area (Å²) in [6.45, 7) is 0.482. The maximum absolute atomic E-state index is 11.2. The smallest absolute Gasteiger partial charge is 0.283 e. The molecule has 0 bridgehead atoms. The van der Waals surface area contributed by atoms with E-state index in [1.807, 2.05) is 30.3 Å². The zero-order valence-electron chi connectivity index (χ0n) is 10.6. The molecule has 0 saturated carbocycles. The Labute approximate surface area is 129 Å². The first kappa shape index (κ1) is 15.0. The van der Waals surface area contributed by atoms with Gasteiger partial charge in [-0.3, -0.25) is 10.1 Å². The zero-order chi connectivity index (χ0) is 14.5. The number of nitrogens with two attached hydrogens (primary N) is 1. The van der Waals surface area contributed by atoms with E-state index in [2.05, 4.69) is 15.9 Å². The molecule has 0 atom stereocenters. The topological polar surface area (TPSA) is 69.2 Å². The van der Waals surface area contributed by atoms with Gasteiger partial charge in [-0.2, -0.15) is 0 Å². The third kappa shape index (κ3) is 3.82. The summed E-state index contributed by atoms with van der Waals surface area (Å²) in [5.41, 5.74) is 6.50. The van der Waals surface area contributed by atoms with Crippen molar-refractivity contribution in [3.8, 4) is 0 Å². The van der Waals surface area contributed by atoms with Gasteiger partial charge in [0.15, 0.2) is 0 Å². The molecule has 0 heterocycles. The molecule has 0 aliphatic rings. The Morgan fingerprint density at radius 3 is 2.50 bits per heavy atom. The number of hydrogen-bond donors (Lipinski definition) is 1. The normalized spacial score (nSPS) is 10.5. The van der Waals surface area contributed by atoms with Crippen LogP contribution < -0.4 is 5.73 Å². The number of halogens is 1. The second kappa shape index (κ2) is 6.88. The van der Waals surface area contributed by atoms with Crippen molar-refractivity contribution in [1.82, 2.24) is 0 Å². The average Bonchev–Trinajstić information content (AvgIpc) is 2.43. The number of nitro benzene ring substituents is 1. The van der Waals surface area contributed by atoms with E-state index in [4.69, 9.17) is 5.73 Å². The molecule has 104 valence electrons. The minimum Gasteiger partial charge on any atom is -0.330 e. The van der Waals surface area contributed by atoms with Crippen LogP contribution in [0.1, 0.15) is 5.56 Å². The minimum absolute atomic E-state index is 0.129. The molecule has 0 aromatic heterocycles. The van der Waals surface area contributed by atoms with E-state index in [1.165, 1.54) is 11.8 Å². The summed E-state index contributed by atoms with van der Waals surface area (Å²) in [5.74, 6) is 0. The molecule has 0 saturated heterocycles. The lowest BCUT2D eigenvalue weighted by Crippen LogP contribution is -2.03. The first-order valence-corrected chi connectivity index (χ1v) is 7.62. The van der Waals surface area contributed by atoms with Crippen LogP contribution in [0.2, 0.25) is 0 Å². The molecule has 20 heavy (non-hydrogen) atoms. The molecule has 2 rings (SSSR count). The summed E-state index contributed by atoms with van der Waals surface area (Å²) in [6, 6.07) is 13.0. The highest BCUT2D eigenvalue weighted by Gasteiger charge is 2.15. The van der Waals surface area contributed by atoms with Crippen molar-refractivity contribution < 1.29 is 4.92 Å². The van der Waals surface area contributed by atoms with E-state index < -0.39 is 0 Å². The zero-order valence-corrected chi connectivity index (χ0v) is 13.0. The Morgan fingerprint density at radius 2 is 1.90 bits per heavy atom. The fraction of sp³-hybridized carbons (Fsp3) is 0.143. The molecule has 0 aliphatic carbocycles. The number of nitro groups is 1. The highest BCUT2D eigenvalue weighted by atomic mass is 79.9. The predicted molar refractivity (Wildman–Crippen MR) is 84.1 cm³/mol. The van der Waals surface area contributed by atoms with Gasteiger partial charge in [0.05, 0.1) is 9.82 Å². The first-order chi connectivity index (χ1) is 9.60. The molecule has 6 heteroatoms. The van der Waals surface area contributed by atoms with Gasteiger partial charge in [-0.15, -0.1) is 0 Å². The van der Waals surface area contributed by atoms with Crippen molar-refractivity contribution >= 4 is 33.4 Å². The maximum atomic E-state index is 11.2. The predicted octanol–water partition coefficient (Wildman–Crippen LogP) is 4.01. The summed E-state index contributed by atoms with van der Waals surface area (Å²) < 4.78 is 0.981.